The van der Waals surface area contributed by atoms with Gasteiger partial charge in [0.15, 0.2) is 0 Å². The second-order valence-electron chi connectivity index (χ2n) is 5.35. The molecule has 2 aliphatic carbocycles. The Kier molecular flexibility index (Phi) is 2.96. The lowest BCUT2D eigenvalue weighted by Gasteiger charge is -2.33. The summed E-state index contributed by atoms with van der Waals surface area (Å²) in [6.45, 7) is 0. The Bertz CT molecular complexity index is 329. The zero-order valence-corrected chi connectivity index (χ0v) is 9.86. The van der Waals surface area contributed by atoms with Gasteiger partial charge in [-0.1, -0.05) is 43.2 Å². The summed E-state index contributed by atoms with van der Waals surface area (Å²) in [5.74, 6) is 0.760. The summed E-state index contributed by atoms with van der Waals surface area (Å²) >= 11 is 0. The lowest BCUT2D eigenvalue weighted by Crippen LogP contribution is -2.38. The molecule has 1 aromatic carbocycles. The van der Waals surface area contributed by atoms with E-state index in [-0.39, 0.29) is 0 Å². The highest BCUT2D eigenvalue weighted by atomic mass is 15.0. The fourth-order valence-electron chi connectivity index (χ4n) is 2.98. The Morgan fingerprint density at radius 3 is 2.38 bits per heavy atom. The highest BCUT2D eigenvalue weighted by molar-refractivity contribution is 5.22. The molecule has 2 fully saturated rings. The Morgan fingerprint density at radius 1 is 0.875 bits per heavy atom. The predicted molar refractivity (Wildman–Crippen MR) is 67.6 cm³/mol. The van der Waals surface area contributed by atoms with Crippen LogP contribution in [-0.4, -0.2) is 12.1 Å². The first-order valence-electron chi connectivity index (χ1n) is 6.74. The maximum Gasteiger partial charge on any atom is 0.0138 e. The molecule has 0 saturated heterocycles. The lowest BCUT2D eigenvalue weighted by molar-refractivity contribution is 0.325. The molecule has 2 saturated carbocycles. The first kappa shape index (κ1) is 10.3. The highest BCUT2D eigenvalue weighted by Gasteiger charge is 2.31. The molecule has 2 aliphatic rings. The van der Waals surface area contributed by atoms with Crippen molar-refractivity contribution >= 4 is 0 Å². The Labute approximate surface area is 98.3 Å². The van der Waals surface area contributed by atoms with Crippen molar-refractivity contribution in [2.24, 2.45) is 0 Å². The van der Waals surface area contributed by atoms with Gasteiger partial charge >= 0.3 is 0 Å². The van der Waals surface area contributed by atoms with Gasteiger partial charge in [0.2, 0.25) is 0 Å². The summed E-state index contributed by atoms with van der Waals surface area (Å²) in [7, 11) is 0. The van der Waals surface area contributed by atoms with Crippen LogP contribution in [0.2, 0.25) is 0 Å². The van der Waals surface area contributed by atoms with Crippen LogP contribution < -0.4 is 5.32 Å². The van der Waals surface area contributed by atoms with Gasteiger partial charge in [-0.15, -0.1) is 0 Å². The molecular weight excluding hydrogens is 194 g/mol. The number of rotatable bonds is 3. The molecule has 0 aliphatic heterocycles. The summed E-state index contributed by atoms with van der Waals surface area (Å²) in [5.41, 5.74) is 1.54. The van der Waals surface area contributed by atoms with Crippen molar-refractivity contribution in [3.8, 4) is 0 Å². The number of hydrogen-bond acceptors (Lipinski definition) is 1. The predicted octanol–water partition coefficient (Wildman–Crippen LogP) is 3.46. The van der Waals surface area contributed by atoms with E-state index in [1.807, 2.05) is 0 Å². The molecule has 16 heavy (non-hydrogen) atoms. The molecule has 1 heteroatoms. The quantitative estimate of drug-likeness (QED) is 0.814. The van der Waals surface area contributed by atoms with Crippen molar-refractivity contribution in [3.05, 3.63) is 35.9 Å². The maximum absolute atomic E-state index is 3.84. The summed E-state index contributed by atoms with van der Waals surface area (Å²) in [6.07, 6.45) is 8.36. The van der Waals surface area contributed by atoms with Crippen LogP contribution in [0.5, 0.6) is 0 Å². The average molecular weight is 215 g/mol. The van der Waals surface area contributed by atoms with Gasteiger partial charge in [0.05, 0.1) is 0 Å². The highest BCUT2D eigenvalue weighted by Crippen LogP contribution is 2.35. The minimum atomic E-state index is 0.739. The number of hydrogen-bond donors (Lipinski definition) is 1. The second-order valence-corrected chi connectivity index (χ2v) is 5.35. The van der Waals surface area contributed by atoms with E-state index in [0.29, 0.717) is 0 Å². The molecule has 1 N–H and O–H groups in total. The summed E-state index contributed by atoms with van der Waals surface area (Å²) in [4.78, 5) is 0. The first-order chi connectivity index (χ1) is 7.93. The van der Waals surface area contributed by atoms with Crippen LogP contribution >= 0.6 is 0 Å². The largest absolute Gasteiger partial charge is 0.311 e. The van der Waals surface area contributed by atoms with Gasteiger partial charge in [-0.05, 0) is 37.2 Å². The Balaban J connectivity index is 1.74. The topological polar surface area (TPSA) is 12.0 Å². The van der Waals surface area contributed by atoms with Crippen LogP contribution in [0.15, 0.2) is 30.3 Å². The third kappa shape index (κ3) is 2.30. The maximum atomic E-state index is 3.84. The molecule has 1 aromatic rings. The smallest absolute Gasteiger partial charge is 0.0138 e. The second kappa shape index (κ2) is 4.58. The van der Waals surface area contributed by atoms with E-state index in [0.717, 1.165) is 18.0 Å². The zero-order chi connectivity index (χ0) is 10.8. The van der Waals surface area contributed by atoms with Crippen LogP contribution in [0, 0.1) is 0 Å². The molecule has 86 valence electrons. The molecule has 0 amide bonds. The van der Waals surface area contributed by atoms with E-state index >= 15 is 0 Å². The molecule has 0 aromatic heterocycles. The van der Waals surface area contributed by atoms with Crippen molar-refractivity contribution in [2.45, 2.75) is 56.5 Å². The van der Waals surface area contributed by atoms with E-state index in [2.05, 4.69) is 35.6 Å². The summed E-state index contributed by atoms with van der Waals surface area (Å²) < 4.78 is 0. The van der Waals surface area contributed by atoms with Gasteiger partial charge in [0.1, 0.15) is 0 Å². The monoisotopic (exact) mass is 215 g/mol. The van der Waals surface area contributed by atoms with Gasteiger partial charge in [0, 0.05) is 12.1 Å². The molecule has 0 unspecified atom stereocenters. The van der Waals surface area contributed by atoms with Crippen LogP contribution in [0.3, 0.4) is 0 Å². The molecule has 2 atom stereocenters. The SMILES string of the molecule is c1ccc([C@@H]2CCCC[C@@H]2NC2CC2)cc1. The summed E-state index contributed by atoms with van der Waals surface area (Å²) in [5, 5.41) is 3.84. The van der Waals surface area contributed by atoms with Crippen LogP contribution in [0.4, 0.5) is 0 Å². The molecule has 1 nitrogen and oxygen atoms in total. The van der Waals surface area contributed by atoms with Crippen molar-refractivity contribution in [1.29, 1.82) is 0 Å². The Hall–Kier alpha value is -0.820. The first-order valence-corrected chi connectivity index (χ1v) is 6.74. The number of nitrogens with one attached hydrogen (secondary N) is 1. The molecule has 0 spiro atoms. The van der Waals surface area contributed by atoms with Gasteiger partial charge in [0.25, 0.3) is 0 Å². The van der Waals surface area contributed by atoms with E-state index in [9.17, 15) is 0 Å². The van der Waals surface area contributed by atoms with Crippen molar-refractivity contribution in [1.82, 2.24) is 5.32 Å². The standard InChI is InChI=1S/C15H21N/c1-2-6-12(7-3-1)14-8-4-5-9-15(14)16-13-10-11-13/h1-3,6-7,13-16H,4-5,8-11H2/t14-,15-/m0/s1. The zero-order valence-electron chi connectivity index (χ0n) is 9.86. The fraction of sp³-hybridized carbons (Fsp3) is 0.600. The molecule has 0 heterocycles. The minimum Gasteiger partial charge on any atom is -0.311 e. The lowest BCUT2D eigenvalue weighted by atomic mass is 9.80. The van der Waals surface area contributed by atoms with Crippen LogP contribution in [0.25, 0.3) is 0 Å². The average Bonchev–Trinajstić information content (AvgIpc) is 3.15. The van der Waals surface area contributed by atoms with E-state index in [1.165, 1.54) is 38.5 Å². The van der Waals surface area contributed by atoms with E-state index < -0.39 is 0 Å². The molecular formula is C15H21N. The third-order valence-electron chi connectivity index (χ3n) is 4.02. The van der Waals surface area contributed by atoms with Gasteiger partial charge < -0.3 is 5.32 Å². The van der Waals surface area contributed by atoms with Gasteiger partial charge in [-0.2, -0.15) is 0 Å². The minimum absolute atomic E-state index is 0.739. The Morgan fingerprint density at radius 2 is 1.62 bits per heavy atom. The molecule has 0 bridgehead atoms. The van der Waals surface area contributed by atoms with Crippen LogP contribution in [0.1, 0.15) is 50.0 Å². The van der Waals surface area contributed by atoms with Crippen molar-refractivity contribution in [2.75, 3.05) is 0 Å². The van der Waals surface area contributed by atoms with E-state index in [4.69, 9.17) is 0 Å². The van der Waals surface area contributed by atoms with Gasteiger partial charge in [-0.3, -0.25) is 0 Å². The molecule has 0 radical (unpaired) electrons. The molecule has 3 rings (SSSR count). The summed E-state index contributed by atoms with van der Waals surface area (Å²) in [6, 6.07) is 12.7. The van der Waals surface area contributed by atoms with Gasteiger partial charge in [-0.25, -0.2) is 0 Å². The van der Waals surface area contributed by atoms with E-state index in [1.54, 1.807) is 5.56 Å². The number of benzene rings is 1. The van der Waals surface area contributed by atoms with Crippen LogP contribution in [-0.2, 0) is 0 Å². The third-order valence-corrected chi connectivity index (χ3v) is 4.02. The van der Waals surface area contributed by atoms with Crippen molar-refractivity contribution < 1.29 is 0 Å². The van der Waals surface area contributed by atoms with Crippen molar-refractivity contribution in [3.63, 3.8) is 0 Å². The normalized spacial score (nSPS) is 30.2. The fourth-order valence-corrected chi connectivity index (χ4v) is 2.98.